The molecule has 2 N–H and O–H groups in total. The molecular formula is C14H27NO2. The molecule has 3 heteroatoms. The minimum Gasteiger partial charge on any atom is -0.480 e. The van der Waals surface area contributed by atoms with Gasteiger partial charge in [-0.3, -0.25) is 4.79 Å². The molecule has 0 unspecified atom stereocenters. The third-order valence-electron chi connectivity index (χ3n) is 3.79. The van der Waals surface area contributed by atoms with Crippen LogP contribution >= 0.6 is 0 Å². The molecule has 1 fully saturated rings. The summed E-state index contributed by atoms with van der Waals surface area (Å²) in [6.45, 7) is 5.25. The molecule has 1 aliphatic rings. The quantitative estimate of drug-likeness (QED) is 0.554. The molecule has 1 saturated carbocycles. The fraction of sp³-hybridized carbons (Fsp3) is 0.929. The Morgan fingerprint density at radius 1 is 1.24 bits per heavy atom. The van der Waals surface area contributed by atoms with Gasteiger partial charge in [0.05, 0.1) is 0 Å². The zero-order valence-corrected chi connectivity index (χ0v) is 11.3. The second-order valence-electron chi connectivity index (χ2n) is 5.76. The molecule has 0 heterocycles. The van der Waals surface area contributed by atoms with Gasteiger partial charge in [-0.2, -0.15) is 0 Å². The van der Waals surface area contributed by atoms with Gasteiger partial charge in [-0.1, -0.05) is 39.5 Å². The minimum absolute atomic E-state index is 0.631. The number of hydrogen-bond donors (Lipinski definition) is 2. The lowest BCUT2D eigenvalue weighted by Gasteiger charge is -2.29. The molecular weight excluding hydrogens is 214 g/mol. The van der Waals surface area contributed by atoms with Crippen molar-refractivity contribution < 1.29 is 9.90 Å². The highest BCUT2D eigenvalue weighted by Crippen LogP contribution is 2.27. The van der Waals surface area contributed by atoms with Gasteiger partial charge in [0.15, 0.2) is 0 Å². The summed E-state index contributed by atoms with van der Waals surface area (Å²) in [6, 6.07) is 0. The topological polar surface area (TPSA) is 49.3 Å². The first-order chi connectivity index (χ1) is 8.07. The van der Waals surface area contributed by atoms with E-state index in [1.165, 1.54) is 19.3 Å². The first kappa shape index (κ1) is 14.5. The van der Waals surface area contributed by atoms with Crippen LogP contribution < -0.4 is 5.32 Å². The summed E-state index contributed by atoms with van der Waals surface area (Å²) in [5, 5.41) is 12.8. The summed E-state index contributed by atoms with van der Waals surface area (Å²) in [4.78, 5) is 11.5. The Labute approximate surface area is 105 Å². The zero-order chi connectivity index (χ0) is 12.7. The van der Waals surface area contributed by atoms with E-state index < -0.39 is 11.5 Å². The summed E-state index contributed by atoms with van der Waals surface area (Å²) in [6.07, 6.45) is 8.29. The van der Waals surface area contributed by atoms with Crippen molar-refractivity contribution in [1.82, 2.24) is 5.32 Å². The maximum Gasteiger partial charge on any atom is 0.323 e. The molecule has 0 amide bonds. The molecule has 0 aromatic rings. The van der Waals surface area contributed by atoms with E-state index in [-0.39, 0.29) is 0 Å². The maximum atomic E-state index is 11.5. The summed E-state index contributed by atoms with van der Waals surface area (Å²) >= 11 is 0. The van der Waals surface area contributed by atoms with Crippen LogP contribution in [0.25, 0.3) is 0 Å². The third-order valence-corrected chi connectivity index (χ3v) is 3.79. The van der Waals surface area contributed by atoms with Crippen molar-refractivity contribution >= 4 is 5.97 Å². The van der Waals surface area contributed by atoms with Crippen LogP contribution in [0.15, 0.2) is 0 Å². The van der Waals surface area contributed by atoms with E-state index in [0.717, 1.165) is 38.6 Å². The SMILES string of the molecule is CC(C)CCCNC1(C(=O)O)CCCCCC1. The Balaban J connectivity index is 2.44. The van der Waals surface area contributed by atoms with Gasteiger partial charge in [-0.25, -0.2) is 0 Å². The average molecular weight is 241 g/mol. The molecule has 3 nitrogen and oxygen atoms in total. The smallest absolute Gasteiger partial charge is 0.323 e. The van der Waals surface area contributed by atoms with E-state index in [4.69, 9.17) is 0 Å². The Morgan fingerprint density at radius 2 is 1.82 bits per heavy atom. The van der Waals surface area contributed by atoms with E-state index in [2.05, 4.69) is 19.2 Å². The third kappa shape index (κ3) is 4.66. The zero-order valence-electron chi connectivity index (χ0n) is 11.3. The summed E-state index contributed by atoms with van der Waals surface area (Å²) < 4.78 is 0. The highest BCUT2D eigenvalue weighted by molar-refractivity contribution is 5.78. The lowest BCUT2D eigenvalue weighted by atomic mass is 9.90. The highest BCUT2D eigenvalue weighted by Gasteiger charge is 2.37. The molecule has 17 heavy (non-hydrogen) atoms. The average Bonchev–Trinajstić information content (AvgIpc) is 2.50. The largest absolute Gasteiger partial charge is 0.480 e. The van der Waals surface area contributed by atoms with Crippen molar-refractivity contribution in [2.45, 2.75) is 70.8 Å². The number of carboxylic acid groups (broad SMARTS) is 1. The monoisotopic (exact) mass is 241 g/mol. The Hall–Kier alpha value is -0.570. The second kappa shape index (κ2) is 7.00. The summed E-state index contributed by atoms with van der Waals surface area (Å²) in [5.74, 6) is 0.0515. The predicted molar refractivity (Wildman–Crippen MR) is 70.1 cm³/mol. The number of hydrogen-bond acceptors (Lipinski definition) is 2. The molecule has 0 spiro atoms. The van der Waals surface area contributed by atoms with Gasteiger partial charge < -0.3 is 10.4 Å². The van der Waals surface area contributed by atoms with Gasteiger partial charge in [0.1, 0.15) is 5.54 Å². The molecule has 0 radical (unpaired) electrons. The van der Waals surface area contributed by atoms with Crippen molar-refractivity contribution in [3.63, 3.8) is 0 Å². The Bertz CT molecular complexity index is 230. The Kier molecular flexibility index (Phi) is 5.96. The summed E-state index contributed by atoms with van der Waals surface area (Å²) in [7, 11) is 0. The number of carbonyl (C=O) groups is 1. The van der Waals surface area contributed by atoms with Crippen molar-refractivity contribution in [2.75, 3.05) is 6.54 Å². The molecule has 0 aromatic heterocycles. The molecule has 0 saturated heterocycles. The van der Waals surface area contributed by atoms with Crippen LogP contribution in [0.1, 0.15) is 65.2 Å². The molecule has 0 bridgehead atoms. The first-order valence-corrected chi connectivity index (χ1v) is 7.05. The number of aliphatic carboxylic acids is 1. The Morgan fingerprint density at radius 3 is 2.29 bits per heavy atom. The van der Waals surface area contributed by atoms with Crippen LogP contribution in [0, 0.1) is 5.92 Å². The van der Waals surface area contributed by atoms with Crippen molar-refractivity contribution in [3.8, 4) is 0 Å². The van der Waals surface area contributed by atoms with E-state index in [9.17, 15) is 9.90 Å². The fourth-order valence-corrected chi connectivity index (χ4v) is 2.64. The van der Waals surface area contributed by atoms with Crippen molar-refractivity contribution in [3.05, 3.63) is 0 Å². The lowest BCUT2D eigenvalue weighted by molar-refractivity contribution is -0.145. The predicted octanol–water partition coefficient (Wildman–Crippen LogP) is 3.19. The van der Waals surface area contributed by atoms with E-state index in [0.29, 0.717) is 5.92 Å². The minimum atomic E-state index is -0.649. The molecule has 100 valence electrons. The molecule has 1 rings (SSSR count). The number of carboxylic acids is 1. The van der Waals surface area contributed by atoms with E-state index >= 15 is 0 Å². The second-order valence-corrected chi connectivity index (χ2v) is 5.76. The van der Waals surface area contributed by atoms with Crippen LogP contribution in [0.4, 0.5) is 0 Å². The van der Waals surface area contributed by atoms with Crippen LogP contribution in [0.5, 0.6) is 0 Å². The first-order valence-electron chi connectivity index (χ1n) is 7.05. The number of rotatable bonds is 6. The fourth-order valence-electron chi connectivity index (χ4n) is 2.64. The molecule has 0 aliphatic heterocycles. The van der Waals surface area contributed by atoms with E-state index in [1.54, 1.807) is 0 Å². The van der Waals surface area contributed by atoms with Gasteiger partial charge in [0.2, 0.25) is 0 Å². The van der Waals surface area contributed by atoms with Gasteiger partial charge in [0.25, 0.3) is 0 Å². The highest BCUT2D eigenvalue weighted by atomic mass is 16.4. The summed E-state index contributed by atoms with van der Waals surface area (Å²) in [5.41, 5.74) is -0.631. The van der Waals surface area contributed by atoms with Crippen LogP contribution in [0.2, 0.25) is 0 Å². The maximum absolute atomic E-state index is 11.5. The normalized spacial score (nSPS) is 20.2. The van der Waals surface area contributed by atoms with Crippen LogP contribution in [-0.2, 0) is 4.79 Å². The number of nitrogens with one attached hydrogen (secondary N) is 1. The molecule has 0 aromatic carbocycles. The standard InChI is InChI=1S/C14H27NO2/c1-12(2)8-7-11-15-14(13(16)17)9-5-3-4-6-10-14/h12,15H,3-11H2,1-2H3,(H,16,17). The molecule has 0 atom stereocenters. The van der Waals surface area contributed by atoms with Crippen LogP contribution in [0.3, 0.4) is 0 Å². The van der Waals surface area contributed by atoms with Gasteiger partial charge in [-0.15, -0.1) is 0 Å². The van der Waals surface area contributed by atoms with Crippen molar-refractivity contribution in [2.24, 2.45) is 5.92 Å². The lowest BCUT2D eigenvalue weighted by Crippen LogP contribution is -2.52. The van der Waals surface area contributed by atoms with Gasteiger partial charge in [0, 0.05) is 0 Å². The molecule has 1 aliphatic carbocycles. The van der Waals surface area contributed by atoms with Crippen molar-refractivity contribution in [1.29, 1.82) is 0 Å². The van der Waals surface area contributed by atoms with Gasteiger partial charge in [-0.05, 0) is 38.1 Å². The van der Waals surface area contributed by atoms with E-state index in [1.807, 2.05) is 0 Å². The van der Waals surface area contributed by atoms with Gasteiger partial charge >= 0.3 is 5.97 Å². The van der Waals surface area contributed by atoms with Crippen LogP contribution in [-0.4, -0.2) is 23.2 Å².